The van der Waals surface area contributed by atoms with Gasteiger partial charge in [-0.25, -0.2) is 0 Å². The zero-order valence-corrected chi connectivity index (χ0v) is 11.4. The summed E-state index contributed by atoms with van der Waals surface area (Å²) in [7, 11) is 0. The second-order valence-corrected chi connectivity index (χ2v) is 5.11. The molecule has 0 bridgehead atoms. The maximum atomic E-state index is 9.41. The molecule has 0 aliphatic rings. The standard InChI is InChI=1S/C6H2Br4O/c7-2-1-3(8)5(10)6(11)4(2)9/h1,11H. The number of halogens is 4. The molecule has 0 radical (unpaired) electrons. The van der Waals surface area contributed by atoms with Gasteiger partial charge in [-0.1, -0.05) is 0 Å². The van der Waals surface area contributed by atoms with Gasteiger partial charge in [-0.15, -0.1) is 0 Å². The lowest BCUT2D eigenvalue weighted by Crippen LogP contribution is -1.76. The quantitative estimate of drug-likeness (QED) is 0.628. The Morgan fingerprint density at radius 1 is 0.909 bits per heavy atom. The summed E-state index contributed by atoms with van der Waals surface area (Å²) in [6.45, 7) is 0. The van der Waals surface area contributed by atoms with Crippen molar-refractivity contribution in [3.63, 3.8) is 0 Å². The summed E-state index contributed by atoms with van der Waals surface area (Å²) < 4.78 is 2.91. The zero-order valence-electron chi connectivity index (χ0n) is 5.04. The summed E-state index contributed by atoms with van der Waals surface area (Å²) >= 11 is 13.0. The maximum Gasteiger partial charge on any atom is 0.146 e. The summed E-state index contributed by atoms with van der Waals surface area (Å²) in [4.78, 5) is 0. The van der Waals surface area contributed by atoms with Crippen LogP contribution in [0.4, 0.5) is 0 Å². The van der Waals surface area contributed by atoms with Crippen molar-refractivity contribution in [3.05, 3.63) is 24.0 Å². The molecule has 5 heteroatoms. The first kappa shape index (κ1) is 10.0. The lowest BCUT2D eigenvalue weighted by molar-refractivity contribution is 0.467. The van der Waals surface area contributed by atoms with Crippen LogP contribution in [0.15, 0.2) is 24.0 Å². The third-order valence-electron chi connectivity index (χ3n) is 1.09. The summed E-state index contributed by atoms with van der Waals surface area (Å²) in [5, 5.41) is 9.41. The molecule has 1 aromatic carbocycles. The molecule has 0 atom stereocenters. The van der Waals surface area contributed by atoms with Crippen molar-refractivity contribution in [2.75, 3.05) is 0 Å². The Labute approximate surface area is 97.7 Å². The molecule has 0 heterocycles. The number of phenols is 1. The molecule has 1 aromatic rings. The predicted octanol–water partition coefficient (Wildman–Crippen LogP) is 4.44. The van der Waals surface area contributed by atoms with E-state index in [-0.39, 0.29) is 5.75 Å². The van der Waals surface area contributed by atoms with Gasteiger partial charge in [-0.05, 0) is 69.8 Å². The molecule has 0 aliphatic heterocycles. The number of hydrogen-bond acceptors (Lipinski definition) is 1. The van der Waals surface area contributed by atoms with Crippen molar-refractivity contribution in [3.8, 4) is 5.75 Å². The molecule has 0 saturated heterocycles. The molecule has 1 rings (SSSR count). The normalized spacial score (nSPS) is 10.2. The molecule has 0 unspecified atom stereocenters. The monoisotopic (exact) mass is 406 g/mol. The van der Waals surface area contributed by atoms with E-state index in [2.05, 4.69) is 63.7 Å². The van der Waals surface area contributed by atoms with Crippen LogP contribution >= 0.6 is 63.7 Å². The number of phenolic OH excluding ortho intramolecular Hbond substituents is 1. The smallest absolute Gasteiger partial charge is 0.146 e. The summed E-state index contributed by atoms with van der Waals surface area (Å²) in [5.41, 5.74) is 0. The largest absolute Gasteiger partial charge is 0.505 e. The van der Waals surface area contributed by atoms with Gasteiger partial charge in [0.25, 0.3) is 0 Å². The summed E-state index contributed by atoms with van der Waals surface area (Å²) in [5.74, 6) is 0.186. The average molecular weight is 410 g/mol. The first-order chi connectivity index (χ1) is 5.04. The fourth-order valence-electron chi connectivity index (χ4n) is 0.561. The highest BCUT2D eigenvalue weighted by atomic mass is 79.9. The van der Waals surface area contributed by atoms with Crippen LogP contribution < -0.4 is 0 Å². The van der Waals surface area contributed by atoms with E-state index in [9.17, 15) is 5.11 Å². The molecule has 11 heavy (non-hydrogen) atoms. The highest BCUT2D eigenvalue weighted by Gasteiger charge is 2.10. The van der Waals surface area contributed by atoms with Crippen LogP contribution in [-0.2, 0) is 0 Å². The van der Waals surface area contributed by atoms with Gasteiger partial charge < -0.3 is 5.11 Å². The summed E-state index contributed by atoms with van der Waals surface area (Å²) in [6, 6.07) is 1.84. The molecule has 1 nitrogen and oxygen atoms in total. The lowest BCUT2D eigenvalue weighted by atomic mass is 10.3. The Morgan fingerprint density at radius 2 is 1.27 bits per heavy atom. The van der Waals surface area contributed by atoms with Crippen molar-refractivity contribution >= 4 is 63.7 Å². The van der Waals surface area contributed by atoms with E-state index in [0.29, 0.717) is 8.95 Å². The zero-order chi connectivity index (χ0) is 8.59. The molecular formula is C6H2Br4O. The number of aromatic hydroxyl groups is 1. The van der Waals surface area contributed by atoms with Crippen molar-refractivity contribution in [2.45, 2.75) is 0 Å². The molecule has 0 amide bonds. The first-order valence-corrected chi connectivity index (χ1v) is 5.73. The molecule has 0 fully saturated rings. The molecule has 60 valence electrons. The van der Waals surface area contributed by atoms with E-state index in [1.807, 2.05) is 6.07 Å². The Bertz CT molecular complexity index is 271. The third kappa shape index (κ3) is 1.99. The SMILES string of the molecule is Oc1c(Br)c(Br)cc(Br)c1Br. The van der Waals surface area contributed by atoms with Crippen molar-refractivity contribution < 1.29 is 5.11 Å². The minimum Gasteiger partial charge on any atom is -0.505 e. The van der Waals surface area contributed by atoms with Gasteiger partial charge in [-0.3, -0.25) is 0 Å². The number of rotatable bonds is 0. The van der Waals surface area contributed by atoms with Gasteiger partial charge in [0.05, 0.1) is 8.95 Å². The molecule has 0 aromatic heterocycles. The maximum absolute atomic E-state index is 9.41. The fourth-order valence-corrected chi connectivity index (χ4v) is 2.59. The number of benzene rings is 1. The minimum absolute atomic E-state index is 0.186. The van der Waals surface area contributed by atoms with Crippen LogP contribution in [0.1, 0.15) is 0 Å². The highest BCUT2D eigenvalue weighted by molar-refractivity contribution is 9.14. The molecule has 0 saturated carbocycles. The van der Waals surface area contributed by atoms with Crippen LogP contribution in [0.5, 0.6) is 5.75 Å². The van der Waals surface area contributed by atoms with Crippen LogP contribution in [0, 0.1) is 0 Å². The van der Waals surface area contributed by atoms with Gasteiger partial charge in [0.1, 0.15) is 5.75 Å². The molecule has 1 N–H and O–H groups in total. The van der Waals surface area contributed by atoms with Gasteiger partial charge in [-0.2, -0.15) is 0 Å². The number of hydrogen-bond donors (Lipinski definition) is 1. The Balaban J connectivity index is 3.46. The van der Waals surface area contributed by atoms with Gasteiger partial charge >= 0.3 is 0 Å². The van der Waals surface area contributed by atoms with Crippen LogP contribution in [0.25, 0.3) is 0 Å². The Kier molecular flexibility index (Phi) is 3.43. The van der Waals surface area contributed by atoms with E-state index in [4.69, 9.17) is 0 Å². The van der Waals surface area contributed by atoms with Crippen LogP contribution in [-0.4, -0.2) is 5.11 Å². The van der Waals surface area contributed by atoms with Crippen LogP contribution in [0.3, 0.4) is 0 Å². The van der Waals surface area contributed by atoms with Crippen LogP contribution in [0.2, 0.25) is 0 Å². The van der Waals surface area contributed by atoms with E-state index < -0.39 is 0 Å². The van der Waals surface area contributed by atoms with E-state index in [0.717, 1.165) is 8.95 Å². The first-order valence-electron chi connectivity index (χ1n) is 2.56. The Morgan fingerprint density at radius 3 is 1.64 bits per heavy atom. The second kappa shape index (κ2) is 3.77. The average Bonchev–Trinajstić information content (AvgIpc) is 1.97. The van der Waals surface area contributed by atoms with Gasteiger partial charge in [0.15, 0.2) is 0 Å². The second-order valence-electron chi connectivity index (χ2n) is 1.82. The van der Waals surface area contributed by atoms with Crippen molar-refractivity contribution in [1.82, 2.24) is 0 Å². The third-order valence-corrected chi connectivity index (χ3v) is 5.01. The fraction of sp³-hybridized carbons (Fsp3) is 0. The topological polar surface area (TPSA) is 20.2 Å². The van der Waals surface area contributed by atoms with Gasteiger partial charge in [0, 0.05) is 8.95 Å². The summed E-state index contributed by atoms with van der Waals surface area (Å²) in [6.07, 6.45) is 0. The van der Waals surface area contributed by atoms with E-state index in [1.165, 1.54) is 0 Å². The lowest BCUT2D eigenvalue weighted by Gasteiger charge is -2.04. The van der Waals surface area contributed by atoms with Crippen molar-refractivity contribution in [1.29, 1.82) is 0 Å². The van der Waals surface area contributed by atoms with Crippen molar-refractivity contribution in [2.24, 2.45) is 0 Å². The van der Waals surface area contributed by atoms with E-state index in [1.54, 1.807) is 0 Å². The highest BCUT2D eigenvalue weighted by Crippen LogP contribution is 2.42. The molecular weight excluding hydrogens is 408 g/mol. The predicted molar refractivity (Wildman–Crippen MR) is 58.9 cm³/mol. The minimum atomic E-state index is 0.186. The Hall–Kier alpha value is 0.940. The van der Waals surface area contributed by atoms with E-state index >= 15 is 0 Å². The molecule has 0 aliphatic carbocycles. The molecule has 0 spiro atoms. The van der Waals surface area contributed by atoms with Gasteiger partial charge in [0.2, 0.25) is 0 Å².